The summed E-state index contributed by atoms with van der Waals surface area (Å²) in [7, 11) is 0. The van der Waals surface area contributed by atoms with Gasteiger partial charge in [0.2, 0.25) is 5.91 Å². The van der Waals surface area contributed by atoms with E-state index in [-0.39, 0.29) is 5.91 Å². The highest BCUT2D eigenvalue weighted by Gasteiger charge is 2.33. The molecule has 2 heterocycles. The van der Waals surface area contributed by atoms with Gasteiger partial charge < -0.3 is 10.6 Å². The van der Waals surface area contributed by atoms with Crippen molar-refractivity contribution in [3.8, 4) is 0 Å². The number of rotatable bonds is 5. The molecule has 2 unspecified atom stereocenters. The van der Waals surface area contributed by atoms with E-state index in [1.807, 2.05) is 0 Å². The summed E-state index contributed by atoms with van der Waals surface area (Å²) in [6.07, 6.45) is 6.60. The van der Waals surface area contributed by atoms with Crippen LogP contribution < -0.4 is 10.6 Å². The van der Waals surface area contributed by atoms with Crippen molar-refractivity contribution < 1.29 is 4.79 Å². The molecule has 0 aliphatic carbocycles. The SMILES string of the molecule is Cc1cccc(CCNC(=O)CC2CC3CCC(C2)N3)c1. The third kappa shape index (κ3) is 4.07. The quantitative estimate of drug-likeness (QED) is 0.873. The molecule has 114 valence electrons. The molecule has 2 N–H and O–H groups in total. The molecule has 3 rings (SSSR count). The van der Waals surface area contributed by atoms with E-state index in [2.05, 4.69) is 41.8 Å². The molecule has 1 amide bonds. The Morgan fingerprint density at radius 1 is 1.29 bits per heavy atom. The highest BCUT2D eigenvalue weighted by molar-refractivity contribution is 5.76. The Kier molecular flexibility index (Phi) is 4.59. The standard InChI is InChI=1S/C18H26N2O/c1-13-3-2-4-14(9-13)7-8-19-18(21)12-15-10-16-5-6-17(11-15)20-16/h2-4,9,15-17,20H,5-8,10-12H2,1H3,(H,19,21). The fourth-order valence-electron chi connectivity index (χ4n) is 3.89. The number of carbonyl (C=O) groups excluding carboxylic acids is 1. The van der Waals surface area contributed by atoms with Crippen LogP contribution in [-0.2, 0) is 11.2 Å². The van der Waals surface area contributed by atoms with Crippen molar-refractivity contribution in [1.29, 1.82) is 0 Å². The van der Waals surface area contributed by atoms with Crippen molar-refractivity contribution in [3.63, 3.8) is 0 Å². The van der Waals surface area contributed by atoms with Gasteiger partial charge in [0.25, 0.3) is 0 Å². The number of piperidine rings is 1. The Morgan fingerprint density at radius 3 is 2.76 bits per heavy atom. The lowest BCUT2D eigenvalue weighted by Crippen LogP contribution is -2.39. The topological polar surface area (TPSA) is 41.1 Å². The first-order valence-electron chi connectivity index (χ1n) is 8.27. The van der Waals surface area contributed by atoms with Crippen LogP contribution in [0.5, 0.6) is 0 Å². The second kappa shape index (κ2) is 6.61. The normalized spacial score (nSPS) is 27.6. The van der Waals surface area contributed by atoms with E-state index in [0.29, 0.717) is 24.4 Å². The Hall–Kier alpha value is -1.35. The van der Waals surface area contributed by atoms with Crippen molar-refractivity contribution in [2.24, 2.45) is 5.92 Å². The van der Waals surface area contributed by atoms with Gasteiger partial charge in [-0.1, -0.05) is 29.8 Å². The molecule has 0 radical (unpaired) electrons. The van der Waals surface area contributed by atoms with Crippen LogP contribution in [0.15, 0.2) is 24.3 Å². The van der Waals surface area contributed by atoms with E-state index < -0.39 is 0 Å². The first-order chi connectivity index (χ1) is 10.2. The van der Waals surface area contributed by atoms with Crippen molar-refractivity contribution in [2.45, 2.75) is 57.5 Å². The zero-order chi connectivity index (χ0) is 14.7. The summed E-state index contributed by atoms with van der Waals surface area (Å²) < 4.78 is 0. The highest BCUT2D eigenvalue weighted by Crippen LogP contribution is 2.32. The lowest BCUT2D eigenvalue weighted by molar-refractivity contribution is -0.122. The Morgan fingerprint density at radius 2 is 2.05 bits per heavy atom. The van der Waals surface area contributed by atoms with Crippen LogP contribution >= 0.6 is 0 Å². The number of amides is 1. The zero-order valence-corrected chi connectivity index (χ0v) is 12.9. The van der Waals surface area contributed by atoms with Crippen molar-refractivity contribution in [2.75, 3.05) is 6.54 Å². The molecule has 3 heteroatoms. The minimum atomic E-state index is 0.231. The number of hydrogen-bond acceptors (Lipinski definition) is 2. The molecule has 0 aromatic heterocycles. The molecular weight excluding hydrogens is 260 g/mol. The molecule has 1 aromatic carbocycles. The molecular formula is C18H26N2O. The fraction of sp³-hybridized carbons (Fsp3) is 0.611. The van der Waals surface area contributed by atoms with Gasteiger partial charge in [0, 0.05) is 25.0 Å². The predicted molar refractivity (Wildman–Crippen MR) is 85.2 cm³/mol. The van der Waals surface area contributed by atoms with Gasteiger partial charge in [-0.25, -0.2) is 0 Å². The number of nitrogens with one attached hydrogen (secondary N) is 2. The summed E-state index contributed by atoms with van der Waals surface area (Å²) in [5.41, 5.74) is 2.58. The number of benzene rings is 1. The maximum absolute atomic E-state index is 12.1. The number of fused-ring (bicyclic) bond motifs is 2. The molecule has 2 aliphatic heterocycles. The van der Waals surface area contributed by atoms with Crippen LogP contribution in [0.25, 0.3) is 0 Å². The number of hydrogen-bond donors (Lipinski definition) is 2. The summed E-state index contributed by atoms with van der Waals surface area (Å²) in [5, 5.41) is 6.72. The molecule has 2 aliphatic rings. The highest BCUT2D eigenvalue weighted by atomic mass is 16.1. The van der Waals surface area contributed by atoms with Gasteiger partial charge >= 0.3 is 0 Å². The van der Waals surface area contributed by atoms with Crippen molar-refractivity contribution in [3.05, 3.63) is 35.4 Å². The summed E-state index contributed by atoms with van der Waals surface area (Å²) in [4.78, 5) is 12.1. The molecule has 0 spiro atoms. The fourth-order valence-corrected chi connectivity index (χ4v) is 3.89. The molecule has 2 bridgehead atoms. The summed E-state index contributed by atoms with van der Waals surface area (Å²) >= 11 is 0. The lowest BCUT2D eigenvalue weighted by Gasteiger charge is -2.28. The van der Waals surface area contributed by atoms with Gasteiger partial charge in [-0.05, 0) is 50.5 Å². The van der Waals surface area contributed by atoms with Crippen LogP contribution in [0.2, 0.25) is 0 Å². The van der Waals surface area contributed by atoms with E-state index in [9.17, 15) is 4.79 Å². The van der Waals surface area contributed by atoms with Crippen LogP contribution in [0.1, 0.15) is 43.2 Å². The molecule has 2 saturated heterocycles. The maximum atomic E-state index is 12.1. The van der Waals surface area contributed by atoms with E-state index in [1.54, 1.807) is 0 Å². The van der Waals surface area contributed by atoms with Gasteiger partial charge in [0.15, 0.2) is 0 Å². The van der Waals surface area contributed by atoms with Crippen LogP contribution in [-0.4, -0.2) is 24.5 Å². The van der Waals surface area contributed by atoms with Crippen molar-refractivity contribution in [1.82, 2.24) is 10.6 Å². The van der Waals surface area contributed by atoms with Crippen molar-refractivity contribution >= 4 is 5.91 Å². The van der Waals surface area contributed by atoms with Gasteiger partial charge in [-0.3, -0.25) is 4.79 Å². The van der Waals surface area contributed by atoms with Gasteiger partial charge in [-0.2, -0.15) is 0 Å². The van der Waals surface area contributed by atoms with Gasteiger partial charge in [-0.15, -0.1) is 0 Å². The number of carbonyl (C=O) groups is 1. The summed E-state index contributed by atoms with van der Waals surface area (Å²) in [6, 6.07) is 9.85. The largest absolute Gasteiger partial charge is 0.356 e. The summed E-state index contributed by atoms with van der Waals surface area (Å²) in [6.45, 7) is 2.85. The Balaban J connectivity index is 1.38. The molecule has 2 fully saturated rings. The second-order valence-electron chi connectivity index (χ2n) is 6.77. The predicted octanol–water partition coefficient (Wildman–Crippen LogP) is 2.57. The average molecular weight is 286 g/mol. The van der Waals surface area contributed by atoms with Gasteiger partial charge in [0.05, 0.1) is 0 Å². The zero-order valence-electron chi connectivity index (χ0n) is 12.9. The molecule has 0 saturated carbocycles. The monoisotopic (exact) mass is 286 g/mol. The smallest absolute Gasteiger partial charge is 0.220 e. The van der Waals surface area contributed by atoms with Crippen LogP contribution in [0, 0.1) is 12.8 Å². The van der Waals surface area contributed by atoms with Crippen LogP contribution in [0.4, 0.5) is 0 Å². The Bertz CT molecular complexity index is 488. The summed E-state index contributed by atoms with van der Waals surface area (Å²) in [5.74, 6) is 0.816. The maximum Gasteiger partial charge on any atom is 0.220 e. The minimum absolute atomic E-state index is 0.231. The molecule has 21 heavy (non-hydrogen) atoms. The Labute approximate surface area is 127 Å². The van der Waals surface area contributed by atoms with Crippen LogP contribution in [0.3, 0.4) is 0 Å². The van der Waals surface area contributed by atoms with E-state index in [1.165, 1.54) is 36.8 Å². The first-order valence-corrected chi connectivity index (χ1v) is 8.27. The van der Waals surface area contributed by atoms with E-state index in [0.717, 1.165) is 13.0 Å². The average Bonchev–Trinajstić information content (AvgIpc) is 2.78. The third-order valence-corrected chi connectivity index (χ3v) is 4.86. The second-order valence-corrected chi connectivity index (χ2v) is 6.77. The first kappa shape index (κ1) is 14.6. The molecule has 3 nitrogen and oxygen atoms in total. The molecule has 1 aromatic rings. The molecule has 2 atom stereocenters. The minimum Gasteiger partial charge on any atom is -0.356 e. The third-order valence-electron chi connectivity index (χ3n) is 4.86. The number of aryl methyl sites for hydroxylation is 1. The van der Waals surface area contributed by atoms with E-state index >= 15 is 0 Å². The lowest BCUT2D eigenvalue weighted by atomic mass is 9.89. The van der Waals surface area contributed by atoms with Gasteiger partial charge in [0.1, 0.15) is 0 Å². The van der Waals surface area contributed by atoms with E-state index in [4.69, 9.17) is 0 Å².